The molecule has 0 aliphatic rings. The van der Waals surface area contributed by atoms with Crippen LogP contribution in [-0.4, -0.2) is 34.3 Å². The number of nitrogens with zero attached hydrogens (tertiary/aromatic N) is 4. The fourth-order valence-corrected chi connectivity index (χ4v) is 2.95. The molecule has 0 aromatic carbocycles. The van der Waals surface area contributed by atoms with Gasteiger partial charge in [-0.05, 0) is 20.8 Å². The average Bonchev–Trinajstić information content (AvgIpc) is 2.99. The molecule has 2 aromatic heterocycles. The highest BCUT2D eigenvalue weighted by Crippen LogP contribution is 2.11. The quantitative estimate of drug-likeness (QED) is 0.419. The molecule has 2 rings (SSSR count). The zero-order valence-corrected chi connectivity index (χ0v) is 17.5. The first-order chi connectivity index (χ1) is 10.5. The summed E-state index contributed by atoms with van der Waals surface area (Å²) in [7, 11) is 3.75. The van der Waals surface area contributed by atoms with E-state index in [4.69, 9.17) is 0 Å². The van der Waals surface area contributed by atoms with Crippen LogP contribution >= 0.6 is 35.3 Å². The topological polar surface area (TPSA) is 67.1 Å². The van der Waals surface area contributed by atoms with Crippen LogP contribution in [0.15, 0.2) is 10.4 Å². The Morgan fingerprint density at radius 1 is 1.30 bits per heavy atom. The number of aryl methyl sites for hydroxylation is 3. The summed E-state index contributed by atoms with van der Waals surface area (Å²) in [5, 5.41) is 14.3. The number of hydrogen-bond acceptors (Lipinski definition) is 4. The number of nitrogens with one attached hydrogen (secondary N) is 2. The van der Waals surface area contributed by atoms with Gasteiger partial charge in [0.1, 0.15) is 0 Å². The predicted octanol–water partition coefficient (Wildman–Crippen LogP) is 2.33. The lowest BCUT2D eigenvalue weighted by molar-refractivity contribution is 0.728. The van der Waals surface area contributed by atoms with Crippen LogP contribution in [0.3, 0.4) is 0 Å². The third-order valence-electron chi connectivity index (χ3n) is 3.66. The van der Waals surface area contributed by atoms with Gasteiger partial charge in [-0.3, -0.25) is 9.67 Å². The Kier molecular flexibility index (Phi) is 7.97. The maximum Gasteiger partial charge on any atom is 0.191 e. The van der Waals surface area contributed by atoms with E-state index in [0.29, 0.717) is 0 Å². The second-order valence-electron chi connectivity index (χ2n) is 5.23. The molecule has 0 radical (unpaired) electrons. The Balaban J connectivity index is 0.00000264. The lowest BCUT2D eigenvalue weighted by Gasteiger charge is -2.11. The maximum absolute atomic E-state index is 4.46. The van der Waals surface area contributed by atoms with Crippen molar-refractivity contribution >= 4 is 41.3 Å². The maximum atomic E-state index is 4.46. The van der Waals surface area contributed by atoms with Crippen molar-refractivity contribution in [3.05, 3.63) is 33.0 Å². The number of guanidine groups is 1. The predicted molar refractivity (Wildman–Crippen MR) is 107 cm³/mol. The van der Waals surface area contributed by atoms with Crippen LogP contribution in [0, 0.1) is 20.8 Å². The monoisotopic (exact) mass is 448 g/mol. The third-order valence-corrected chi connectivity index (χ3v) is 4.48. The smallest absolute Gasteiger partial charge is 0.191 e. The lowest BCUT2D eigenvalue weighted by atomic mass is 10.2. The number of halogens is 1. The molecule has 0 unspecified atom stereocenters. The van der Waals surface area contributed by atoms with Gasteiger partial charge in [0.2, 0.25) is 0 Å². The van der Waals surface area contributed by atoms with Crippen molar-refractivity contribution in [3.8, 4) is 0 Å². The van der Waals surface area contributed by atoms with Gasteiger partial charge in [-0.2, -0.15) is 5.10 Å². The van der Waals surface area contributed by atoms with Gasteiger partial charge in [0.15, 0.2) is 5.96 Å². The zero-order valence-electron chi connectivity index (χ0n) is 14.3. The third kappa shape index (κ3) is 5.45. The van der Waals surface area contributed by atoms with E-state index in [1.165, 1.54) is 11.3 Å². The summed E-state index contributed by atoms with van der Waals surface area (Å²) < 4.78 is 1.91. The second-order valence-corrected chi connectivity index (χ2v) is 6.30. The molecule has 2 heterocycles. The molecule has 6 nitrogen and oxygen atoms in total. The van der Waals surface area contributed by atoms with Gasteiger partial charge in [0, 0.05) is 50.2 Å². The van der Waals surface area contributed by atoms with E-state index in [-0.39, 0.29) is 24.0 Å². The fraction of sp³-hybridized carbons (Fsp3) is 0.533. The molecule has 0 fully saturated rings. The van der Waals surface area contributed by atoms with Crippen molar-refractivity contribution in [1.29, 1.82) is 0 Å². The molecule has 0 bridgehead atoms. The van der Waals surface area contributed by atoms with Gasteiger partial charge in [0.05, 0.1) is 16.4 Å². The highest BCUT2D eigenvalue weighted by atomic mass is 127. The Morgan fingerprint density at radius 3 is 2.57 bits per heavy atom. The summed E-state index contributed by atoms with van der Waals surface area (Å²) in [6, 6.07) is 0. The molecule has 2 N–H and O–H groups in total. The minimum absolute atomic E-state index is 0. The SMILES string of the molecule is CN=C(NCCc1csc(C)n1)NCc1c(C)nn(C)c1C.I. The Labute approximate surface area is 158 Å². The van der Waals surface area contributed by atoms with Crippen molar-refractivity contribution in [2.24, 2.45) is 12.0 Å². The zero-order chi connectivity index (χ0) is 16.1. The Hall–Kier alpha value is -1.16. The fourth-order valence-electron chi connectivity index (χ4n) is 2.30. The molecule has 0 aliphatic carbocycles. The van der Waals surface area contributed by atoms with Crippen LogP contribution in [-0.2, 0) is 20.0 Å². The van der Waals surface area contributed by atoms with Crippen molar-refractivity contribution in [1.82, 2.24) is 25.4 Å². The van der Waals surface area contributed by atoms with E-state index in [1.54, 1.807) is 18.4 Å². The van der Waals surface area contributed by atoms with Crippen LogP contribution in [0.2, 0.25) is 0 Å². The second kappa shape index (κ2) is 9.21. The molecule has 23 heavy (non-hydrogen) atoms. The summed E-state index contributed by atoms with van der Waals surface area (Å²) >= 11 is 1.69. The number of hydrogen-bond donors (Lipinski definition) is 2. The summed E-state index contributed by atoms with van der Waals surface area (Å²) in [6.45, 7) is 7.68. The van der Waals surface area contributed by atoms with Crippen LogP contribution in [0.25, 0.3) is 0 Å². The van der Waals surface area contributed by atoms with Crippen LogP contribution in [0.5, 0.6) is 0 Å². The van der Waals surface area contributed by atoms with Gasteiger partial charge in [-0.1, -0.05) is 0 Å². The highest BCUT2D eigenvalue weighted by Gasteiger charge is 2.09. The average molecular weight is 448 g/mol. The summed E-state index contributed by atoms with van der Waals surface area (Å²) in [5.74, 6) is 0.801. The van der Waals surface area contributed by atoms with E-state index in [9.17, 15) is 0 Å². The van der Waals surface area contributed by atoms with Gasteiger partial charge < -0.3 is 10.6 Å². The van der Waals surface area contributed by atoms with Crippen LogP contribution in [0.4, 0.5) is 0 Å². The molecule has 0 saturated heterocycles. The standard InChI is InChI=1S/C15H24N6S.HI/c1-10-14(11(2)21(5)20-10)8-18-15(16-4)17-7-6-13-9-22-12(3)19-13;/h9H,6-8H2,1-5H3,(H2,16,17,18);1H. The molecule has 0 amide bonds. The van der Waals surface area contributed by atoms with Crippen LogP contribution in [0.1, 0.15) is 27.7 Å². The first kappa shape index (κ1) is 19.9. The number of rotatable bonds is 5. The summed E-state index contributed by atoms with van der Waals surface area (Å²) in [5.41, 5.74) is 4.59. The lowest BCUT2D eigenvalue weighted by Crippen LogP contribution is -2.38. The summed E-state index contributed by atoms with van der Waals surface area (Å²) in [4.78, 5) is 8.72. The van der Waals surface area contributed by atoms with Crippen molar-refractivity contribution in [2.45, 2.75) is 33.7 Å². The highest BCUT2D eigenvalue weighted by molar-refractivity contribution is 14.0. The molecule has 128 valence electrons. The first-order valence-electron chi connectivity index (χ1n) is 7.36. The Morgan fingerprint density at radius 2 is 2.04 bits per heavy atom. The number of aliphatic imine (C=N–C) groups is 1. The van der Waals surface area contributed by atoms with E-state index in [0.717, 1.165) is 41.9 Å². The molecule has 0 aliphatic heterocycles. The molecular formula is C15H25IN6S. The number of aromatic nitrogens is 3. The van der Waals surface area contributed by atoms with Gasteiger partial charge in [-0.25, -0.2) is 4.98 Å². The largest absolute Gasteiger partial charge is 0.356 e. The Bertz CT molecular complexity index is 661. The van der Waals surface area contributed by atoms with Crippen molar-refractivity contribution in [2.75, 3.05) is 13.6 Å². The van der Waals surface area contributed by atoms with Gasteiger partial charge in [0.25, 0.3) is 0 Å². The molecule has 8 heteroatoms. The number of thiazole rings is 1. The van der Waals surface area contributed by atoms with Crippen LogP contribution < -0.4 is 10.6 Å². The van der Waals surface area contributed by atoms with Gasteiger partial charge >= 0.3 is 0 Å². The molecule has 0 atom stereocenters. The van der Waals surface area contributed by atoms with Crippen molar-refractivity contribution in [3.63, 3.8) is 0 Å². The molecule has 2 aromatic rings. The minimum Gasteiger partial charge on any atom is -0.356 e. The molecule has 0 saturated carbocycles. The van der Waals surface area contributed by atoms with Crippen molar-refractivity contribution < 1.29 is 0 Å². The normalized spacial score (nSPS) is 11.3. The van der Waals surface area contributed by atoms with E-state index >= 15 is 0 Å². The van der Waals surface area contributed by atoms with Gasteiger partial charge in [-0.15, -0.1) is 35.3 Å². The van der Waals surface area contributed by atoms with E-state index < -0.39 is 0 Å². The molecule has 0 spiro atoms. The first-order valence-corrected chi connectivity index (χ1v) is 8.23. The van der Waals surface area contributed by atoms with E-state index in [2.05, 4.69) is 38.0 Å². The molecular weight excluding hydrogens is 423 g/mol. The summed E-state index contributed by atoms with van der Waals surface area (Å²) in [6.07, 6.45) is 0.899. The minimum atomic E-state index is 0. The van der Waals surface area contributed by atoms with E-state index in [1.807, 2.05) is 25.6 Å².